The summed E-state index contributed by atoms with van der Waals surface area (Å²) >= 11 is 1.91. The number of aromatic nitrogens is 1. The number of thiazole rings is 1. The molecule has 1 aliphatic carbocycles. The van der Waals surface area contributed by atoms with Gasteiger partial charge in [0.2, 0.25) is 0 Å². The van der Waals surface area contributed by atoms with E-state index in [9.17, 15) is 0 Å². The molecule has 0 amide bonds. The molecule has 3 atom stereocenters. The summed E-state index contributed by atoms with van der Waals surface area (Å²) < 4.78 is 5.82. The third-order valence-electron chi connectivity index (χ3n) is 4.57. The first kappa shape index (κ1) is 15.3. The Morgan fingerprint density at radius 3 is 3.05 bits per heavy atom. The molecule has 3 unspecified atom stereocenters. The highest BCUT2D eigenvalue weighted by Gasteiger charge is 2.31. The van der Waals surface area contributed by atoms with Crippen LogP contribution in [-0.4, -0.2) is 36.8 Å². The van der Waals surface area contributed by atoms with Crippen LogP contribution in [0.2, 0.25) is 0 Å². The van der Waals surface area contributed by atoms with Gasteiger partial charge < -0.3 is 15.0 Å². The van der Waals surface area contributed by atoms with Crippen LogP contribution in [0.25, 0.3) is 0 Å². The maximum absolute atomic E-state index is 5.82. The SMILES string of the molecule is CCNC1CCCc2nc(N3CC(C)OCC3CC)sc21. The lowest BCUT2D eigenvalue weighted by atomic mass is 9.98. The first-order chi connectivity index (χ1) is 10.2. The van der Waals surface area contributed by atoms with Gasteiger partial charge in [-0.05, 0) is 39.2 Å². The highest BCUT2D eigenvalue weighted by molar-refractivity contribution is 7.15. The summed E-state index contributed by atoms with van der Waals surface area (Å²) in [6, 6.07) is 0.995. The van der Waals surface area contributed by atoms with Crippen LogP contribution in [0.1, 0.15) is 56.6 Å². The van der Waals surface area contributed by atoms with Crippen LogP contribution in [0.15, 0.2) is 0 Å². The Morgan fingerprint density at radius 2 is 2.29 bits per heavy atom. The predicted octanol–water partition coefficient (Wildman–Crippen LogP) is 3.13. The van der Waals surface area contributed by atoms with Gasteiger partial charge in [-0.3, -0.25) is 0 Å². The van der Waals surface area contributed by atoms with Crippen molar-refractivity contribution in [1.29, 1.82) is 0 Å². The summed E-state index contributed by atoms with van der Waals surface area (Å²) in [7, 11) is 0. The number of ether oxygens (including phenoxy) is 1. The van der Waals surface area contributed by atoms with Crippen molar-refractivity contribution in [3.63, 3.8) is 0 Å². The predicted molar refractivity (Wildman–Crippen MR) is 88.3 cm³/mol. The van der Waals surface area contributed by atoms with Crippen molar-refractivity contribution < 1.29 is 4.74 Å². The van der Waals surface area contributed by atoms with E-state index in [1.165, 1.54) is 28.5 Å². The van der Waals surface area contributed by atoms with E-state index in [1.807, 2.05) is 11.3 Å². The standard InChI is InChI=1S/C16H27N3OS/c1-4-12-10-20-11(3)9-19(12)16-18-14-8-6-7-13(17-5-2)15(14)21-16/h11-13,17H,4-10H2,1-3H3. The van der Waals surface area contributed by atoms with Gasteiger partial charge in [0.1, 0.15) is 0 Å². The van der Waals surface area contributed by atoms with Crippen molar-refractivity contribution in [1.82, 2.24) is 10.3 Å². The second-order valence-electron chi connectivity index (χ2n) is 6.17. The summed E-state index contributed by atoms with van der Waals surface area (Å²) in [5.41, 5.74) is 1.33. The number of rotatable bonds is 4. The molecule has 0 radical (unpaired) electrons. The van der Waals surface area contributed by atoms with Crippen molar-refractivity contribution in [3.05, 3.63) is 10.6 Å². The number of hydrogen-bond donors (Lipinski definition) is 1. The zero-order chi connectivity index (χ0) is 14.8. The molecule has 0 saturated carbocycles. The monoisotopic (exact) mass is 309 g/mol. The molecule has 0 bridgehead atoms. The molecule has 5 heteroatoms. The van der Waals surface area contributed by atoms with Crippen molar-refractivity contribution in [3.8, 4) is 0 Å². The van der Waals surface area contributed by atoms with Gasteiger partial charge in [0, 0.05) is 17.5 Å². The van der Waals surface area contributed by atoms with E-state index in [1.54, 1.807) is 0 Å². The topological polar surface area (TPSA) is 37.4 Å². The zero-order valence-electron chi connectivity index (χ0n) is 13.4. The Kier molecular flexibility index (Phi) is 4.82. The third-order valence-corrected chi connectivity index (χ3v) is 5.82. The molecule has 0 spiro atoms. The number of nitrogens with zero attached hydrogens (tertiary/aromatic N) is 2. The third kappa shape index (κ3) is 3.10. The normalized spacial score (nSPS) is 29.5. The fourth-order valence-electron chi connectivity index (χ4n) is 3.39. The van der Waals surface area contributed by atoms with Gasteiger partial charge in [-0.15, -0.1) is 0 Å². The maximum atomic E-state index is 5.82. The Morgan fingerprint density at radius 1 is 1.43 bits per heavy atom. The summed E-state index contributed by atoms with van der Waals surface area (Å²) in [5, 5.41) is 4.83. The quantitative estimate of drug-likeness (QED) is 0.927. The largest absolute Gasteiger partial charge is 0.375 e. The molecule has 1 aromatic heterocycles. The molecule has 2 heterocycles. The molecule has 2 aliphatic rings. The minimum atomic E-state index is 0.304. The van der Waals surface area contributed by atoms with E-state index in [2.05, 4.69) is 31.0 Å². The minimum absolute atomic E-state index is 0.304. The van der Waals surface area contributed by atoms with Gasteiger partial charge in [-0.1, -0.05) is 25.2 Å². The summed E-state index contributed by atoms with van der Waals surface area (Å²) in [6.45, 7) is 9.42. The molecule has 1 saturated heterocycles. The van der Waals surface area contributed by atoms with E-state index in [4.69, 9.17) is 9.72 Å². The molecular formula is C16H27N3OS. The van der Waals surface area contributed by atoms with Gasteiger partial charge in [0.05, 0.1) is 24.4 Å². The van der Waals surface area contributed by atoms with E-state index in [-0.39, 0.29) is 0 Å². The van der Waals surface area contributed by atoms with Crippen LogP contribution >= 0.6 is 11.3 Å². The fourth-order valence-corrected chi connectivity index (χ4v) is 4.69. The van der Waals surface area contributed by atoms with Crippen LogP contribution in [0.4, 0.5) is 5.13 Å². The molecule has 1 fully saturated rings. The van der Waals surface area contributed by atoms with Crippen LogP contribution in [-0.2, 0) is 11.2 Å². The number of nitrogens with one attached hydrogen (secondary N) is 1. The highest BCUT2D eigenvalue weighted by atomic mass is 32.1. The smallest absolute Gasteiger partial charge is 0.186 e. The first-order valence-corrected chi connectivity index (χ1v) is 9.15. The number of fused-ring (bicyclic) bond motifs is 1. The minimum Gasteiger partial charge on any atom is -0.375 e. The van der Waals surface area contributed by atoms with Gasteiger partial charge >= 0.3 is 0 Å². The van der Waals surface area contributed by atoms with Crippen LogP contribution < -0.4 is 10.2 Å². The molecule has 3 rings (SSSR count). The van der Waals surface area contributed by atoms with Crippen molar-refractivity contribution >= 4 is 16.5 Å². The second kappa shape index (κ2) is 6.63. The van der Waals surface area contributed by atoms with Gasteiger partial charge in [0.25, 0.3) is 0 Å². The van der Waals surface area contributed by atoms with E-state index in [0.717, 1.165) is 32.5 Å². The molecule has 21 heavy (non-hydrogen) atoms. The molecule has 1 aliphatic heterocycles. The molecular weight excluding hydrogens is 282 g/mol. The lowest BCUT2D eigenvalue weighted by Gasteiger charge is -2.38. The number of aryl methyl sites for hydroxylation is 1. The van der Waals surface area contributed by atoms with E-state index < -0.39 is 0 Å². The summed E-state index contributed by atoms with van der Waals surface area (Å²) in [5.74, 6) is 0. The summed E-state index contributed by atoms with van der Waals surface area (Å²) in [6.07, 6.45) is 5.07. The van der Waals surface area contributed by atoms with Crippen molar-refractivity contribution in [2.45, 2.75) is 64.6 Å². The average molecular weight is 309 g/mol. The number of anilines is 1. The molecule has 118 valence electrons. The zero-order valence-corrected chi connectivity index (χ0v) is 14.2. The Balaban J connectivity index is 1.85. The fraction of sp³-hybridized carbons (Fsp3) is 0.812. The van der Waals surface area contributed by atoms with E-state index in [0.29, 0.717) is 18.2 Å². The number of hydrogen-bond acceptors (Lipinski definition) is 5. The van der Waals surface area contributed by atoms with Crippen molar-refractivity contribution in [2.75, 3.05) is 24.6 Å². The average Bonchev–Trinajstić information content (AvgIpc) is 2.92. The molecule has 1 N–H and O–H groups in total. The lowest BCUT2D eigenvalue weighted by molar-refractivity contribution is 0.0299. The number of morpholine rings is 1. The Bertz CT molecular complexity index is 476. The van der Waals surface area contributed by atoms with Crippen LogP contribution in [0.5, 0.6) is 0 Å². The Labute approximate surface area is 131 Å². The molecule has 1 aromatic rings. The maximum Gasteiger partial charge on any atom is 0.186 e. The van der Waals surface area contributed by atoms with E-state index >= 15 is 0 Å². The first-order valence-electron chi connectivity index (χ1n) is 8.34. The Hall–Kier alpha value is -0.650. The summed E-state index contributed by atoms with van der Waals surface area (Å²) in [4.78, 5) is 8.95. The van der Waals surface area contributed by atoms with Crippen LogP contribution in [0.3, 0.4) is 0 Å². The van der Waals surface area contributed by atoms with Crippen molar-refractivity contribution in [2.24, 2.45) is 0 Å². The lowest BCUT2D eigenvalue weighted by Crippen LogP contribution is -2.48. The second-order valence-corrected chi connectivity index (χ2v) is 7.18. The molecule has 4 nitrogen and oxygen atoms in total. The highest BCUT2D eigenvalue weighted by Crippen LogP contribution is 2.38. The van der Waals surface area contributed by atoms with Gasteiger partial charge in [-0.25, -0.2) is 4.98 Å². The van der Waals surface area contributed by atoms with Crippen LogP contribution in [0, 0.1) is 0 Å². The van der Waals surface area contributed by atoms with Gasteiger partial charge in [-0.2, -0.15) is 0 Å². The van der Waals surface area contributed by atoms with Gasteiger partial charge in [0.15, 0.2) is 5.13 Å². The molecule has 0 aromatic carbocycles.